The second-order valence-corrected chi connectivity index (χ2v) is 6.23. The number of likely N-dealkylation sites (N-methyl/N-ethyl adjacent to an activating group) is 1. The average Bonchev–Trinajstić information content (AvgIpc) is 2.38. The van der Waals surface area contributed by atoms with Crippen molar-refractivity contribution in [2.75, 3.05) is 40.8 Å². The van der Waals surface area contributed by atoms with Crippen molar-refractivity contribution in [2.45, 2.75) is 26.9 Å². The number of hydrogen-bond donors (Lipinski definition) is 1. The van der Waals surface area contributed by atoms with Gasteiger partial charge in [-0.05, 0) is 38.2 Å². The third kappa shape index (κ3) is 6.51. The maximum Gasteiger partial charge on any atom is 0.0237 e. The van der Waals surface area contributed by atoms with Crippen molar-refractivity contribution in [3.8, 4) is 0 Å². The van der Waals surface area contributed by atoms with Crippen molar-refractivity contribution in [1.29, 1.82) is 0 Å². The molecule has 3 nitrogen and oxygen atoms in total. The summed E-state index contributed by atoms with van der Waals surface area (Å²) in [5.74, 6) is 0.702. The highest BCUT2D eigenvalue weighted by Gasteiger charge is 2.10. The number of benzene rings is 1. The van der Waals surface area contributed by atoms with E-state index in [2.05, 4.69) is 67.3 Å². The van der Waals surface area contributed by atoms with Crippen molar-refractivity contribution in [1.82, 2.24) is 15.1 Å². The number of rotatable bonds is 9. The van der Waals surface area contributed by atoms with E-state index in [1.54, 1.807) is 0 Å². The predicted molar refractivity (Wildman–Crippen MR) is 87.9 cm³/mol. The lowest BCUT2D eigenvalue weighted by atomic mass is 10.1. The zero-order valence-electron chi connectivity index (χ0n) is 13.8. The lowest BCUT2D eigenvalue weighted by molar-refractivity contribution is 0.211. The number of hydrogen-bond acceptors (Lipinski definition) is 3. The van der Waals surface area contributed by atoms with Gasteiger partial charge in [-0.3, -0.25) is 4.90 Å². The van der Waals surface area contributed by atoms with Gasteiger partial charge in [-0.25, -0.2) is 0 Å². The molecule has 0 unspecified atom stereocenters. The molecule has 20 heavy (non-hydrogen) atoms. The van der Waals surface area contributed by atoms with E-state index < -0.39 is 0 Å². The van der Waals surface area contributed by atoms with E-state index in [-0.39, 0.29) is 0 Å². The monoisotopic (exact) mass is 277 g/mol. The lowest BCUT2D eigenvalue weighted by Gasteiger charge is -2.26. The molecule has 0 aliphatic rings. The number of nitrogens with one attached hydrogen (secondary N) is 1. The Morgan fingerprint density at radius 1 is 1.05 bits per heavy atom. The summed E-state index contributed by atoms with van der Waals surface area (Å²) in [5, 5.41) is 3.26. The van der Waals surface area contributed by atoms with Crippen molar-refractivity contribution < 1.29 is 0 Å². The third-order valence-electron chi connectivity index (χ3n) is 3.37. The standard InChI is InChI=1S/C17H31N3/c1-15(2)13-20(11-10-19(4)5)14-17-9-7-6-8-16(17)12-18-3/h6-9,15,18H,10-14H2,1-5H3. The van der Waals surface area contributed by atoms with Gasteiger partial charge in [-0.1, -0.05) is 38.1 Å². The van der Waals surface area contributed by atoms with Gasteiger partial charge in [0.25, 0.3) is 0 Å². The molecule has 1 N–H and O–H groups in total. The molecule has 0 aliphatic heterocycles. The van der Waals surface area contributed by atoms with Crippen LogP contribution < -0.4 is 5.32 Å². The second kappa shape index (κ2) is 9.11. The van der Waals surface area contributed by atoms with E-state index in [9.17, 15) is 0 Å². The van der Waals surface area contributed by atoms with Crippen LogP contribution in [-0.2, 0) is 13.1 Å². The first-order chi connectivity index (χ1) is 9.52. The molecule has 114 valence electrons. The van der Waals surface area contributed by atoms with Gasteiger partial charge in [0.1, 0.15) is 0 Å². The Morgan fingerprint density at radius 2 is 1.70 bits per heavy atom. The Kier molecular flexibility index (Phi) is 7.82. The summed E-state index contributed by atoms with van der Waals surface area (Å²) in [6, 6.07) is 8.76. The highest BCUT2D eigenvalue weighted by molar-refractivity contribution is 5.26. The molecule has 1 aromatic rings. The van der Waals surface area contributed by atoms with Crippen molar-refractivity contribution >= 4 is 0 Å². The van der Waals surface area contributed by atoms with Crippen LogP contribution in [0.25, 0.3) is 0 Å². The summed E-state index contributed by atoms with van der Waals surface area (Å²) in [6.45, 7) is 9.97. The van der Waals surface area contributed by atoms with Gasteiger partial charge in [0.15, 0.2) is 0 Å². The molecule has 1 rings (SSSR count). The fourth-order valence-corrected chi connectivity index (χ4v) is 2.41. The Morgan fingerprint density at radius 3 is 2.25 bits per heavy atom. The van der Waals surface area contributed by atoms with Crippen LogP contribution in [0.5, 0.6) is 0 Å². The van der Waals surface area contributed by atoms with Gasteiger partial charge >= 0.3 is 0 Å². The van der Waals surface area contributed by atoms with Gasteiger partial charge in [0, 0.05) is 32.7 Å². The largest absolute Gasteiger partial charge is 0.316 e. The first-order valence-corrected chi connectivity index (χ1v) is 7.61. The van der Waals surface area contributed by atoms with Crippen molar-refractivity contribution in [3.63, 3.8) is 0 Å². The zero-order valence-corrected chi connectivity index (χ0v) is 13.8. The van der Waals surface area contributed by atoms with E-state index in [1.165, 1.54) is 11.1 Å². The molecule has 0 radical (unpaired) electrons. The van der Waals surface area contributed by atoms with Gasteiger partial charge in [0.05, 0.1) is 0 Å². The highest BCUT2D eigenvalue weighted by Crippen LogP contribution is 2.13. The molecule has 3 heteroatoms. The van der Waals surface area contributed by atoms with Crippen LogP contribution >= 0.6 is 0 Å². The molecule has 0 bridgehead atoms. The molecule has 0 saturated carbocycles. The van der Waals surface area contributed by atoms with E-state index in [0.29, 0.717) is 5.92 Å². The van der Waals surface area contributed by atoms with Gasteiger partial charge in [-0.15, -0.1) is 0 Å². The van der Waals surface area contributed by atoms with Crippen LogP contribution in [0.4, 0.5) is 0 Å². The smallest absolute Gasteiger partial charge is 0.0237 e. The minimum absolute atomic E-state index is 0.702. The molecule has 0 spiro atoms. The maximum atomic E-state index is 3.26. The fraction of sp³-hybridized carbons (Fsp3) is 0.647. The van der Waals surface area contributed by atoms with E-state index in [4.69, 9.17) is 0 Å². The topological polar surface area (TPSA) is 18.5 Å². The van der Waals surface area contributed by atoms with Crippen molar-refractivity contribution in [3.05, 3.63) is 35.4 Å². The van der Waals surface area contributed by atoms with Crippen LogP contribution in [0.3, 0.4) is 0 Å². The minimum Gasteiger partial charge on any atom is -0.316 e. The molecule has 0 aromatic heterocycles. The molecule has 0 amide bonds. The summed E-state index contributed by atoms with van der Waals surface area (Å²) >= 11 is 0. The van der Waals surface area contributed by atoms with E-state index >= 15 is 0 Å². The molecule has 0 atom stereocenters. The predicted octanol–water partition coefficient (Wildman–Crippen LogP) is 2.43. The molecule has 0 fully saturated rings. The summed E-state index contributed by atoms with van der Waals surface area (Å²) < 4.78 is 0. The molecule has 0 saturated heterocycles. The Hall–Kier alpha value is -0.900. The van der Waals surface area contributed by atoms with E-state index in [0.717, 1.165) is 32.7 Å². The Balaban J connectivity index is 2.72. The fourth-order valence-electron chi connectivity index (χ4n) is 2.41. The van der Waals surface area contributed by atoms with Gasteiger partial charge < -0.3 is 10.2 Å². The first-order valence-electron chi connectivity index (χ1n) is 7.61. The van der Waals surface area contributed by atoms with Crippen LogP contribution in [0.2, 0.25) is 0 Å². The van der Waals surface area contributed by atoms with Gasteiger partial charge in [-0.2, -0.15) is 0 Å². The zero-order chi connectivity index (χ0) is 15.0. The minimum atomic E-state index is 0.702. The molecular weight excluding hydrogens is 246 g/mol. The summed E-state index contributed by atoms with van der Waals surface area (Å²) in [7, 11) is 6.29. The highest BCUT2D eigenvalue weighted by atomic mass is 15.2. The lowest BCUT2D eigenvalue weighted by Crippen LogP contribution is -2.34. The van der Waals surface area contributed by atoms with E-state index in [1.807, 2.05) is 7.05 Å². The summed E-state index contributed by atoms with van der Waals surface area (Å²) in [5.41, 5.74) is 2.86. The third-order valence-corrected chi connectivity index (χ3v) is 3.37. The van der Waals surface area contributed by atoms with Crippen LogP contribution in [-0.4, -0.2) is 50.6 Å². The Bertz CT molecular complexity index is 374. The SMILES string of the molecule is CNCc1ccccc1CN(CCN(C)C)CC(C)C. The molecule has 0 aliphatic carbocycles. The van der Waals surface area contributed by atoms with Gasteiger partial charge in [0.2, 0.25) is 0 Å². The second-order valence-electron chi connectivity index (χ2n) is 6.23. The van der Waals surface area contributed by atoms with Crippen molar-refractivity contribution in [2.24, 2.45) is 5.92 Å². The number of nitrogens with zero attached hydrogens (tertiary/aromatic N) is 2. The molecule has 0 heterocycles. The molecular formula is C17H31N3. The maximum absolute atomic E-state index is 3.26. The first kappa shape index (κ1) is 17.2. The van der Waals surface area contributed by atoms with Crippen LogP contribution in [0, 0.1) is 5.92 Å². The molecule has 1 aromatic carbocycles. The Labute approximate surface area is 125 Å². The summed E-state index contributed by atoms with van der Waals surface area (Å²) in [6.07, 6.45) is 0. The average molecular weight is 277 g/mol. The normalized spacial score (nSPS) is 11.8. The summed E-state index contributed by atoms with van der Waals surface area (Å²) in [4.78, 5) is 4.83. The van der Waals surface area contributed by atoms with Crippen LogP contribution in [0.15, 0.2) is 24.3 Å². The quantitative estimate of drug-likeness (QED) is 0.748. The van der Waals surface area contributed by atoms with Crippen LogP contribution in [0.1, 0.15) is 25.0 Å².